The van der Waals surface area contributed by atoms with Gasteiger partial charge in [0.05, 0.1) is 18.1 Å². The number of carbonyl (C=O) groups is 1. The van der Waals surface area contributed by atoms with Crippen LogP contribution in [0.3, 0.4) is 0 Å². The van der Waals surface area contributed by atoms with Gasteiger partial charge in [-0.15, -0.1) is 0 Å². The highest BCUT2D eigenvalue weighted by atomic mass is 16.5. The Morgan fingerprint density at radius 1 is 1.71 bits per heavy atom. The van der Waals surface area contributed by atoms with Crippen molar-refractivity contribution in [2.24, 2.45) is 5.73 Å². The van der Waals surface area contributed by atoms with Gasteiger partial charge in [-0.1, -0.05) is 0 Å². The first-order valence-corrected chi connectivity index (χ1v) is 4.53. The van der Waals surface area contributed by atoms with Crippen LogP contribution in [0.5, 0.6) is 0 Å². The first-order valence-electron chi connectivity index (χ1n) is 4.53. The fraction of sp³-hybridized carbons (Fsp3) is 0.556. The standard InChI is InChI=1S/C9H15N3O2/c1-6(2)14-9(13)8(10)3-7-4-11-5-12-7/h4-6,8H,3,10H2,1-2H3,(H,11,12). The minimum absolute atomic E-state index is 0.132. The van der Waals surface area contributed by atoms with E-state index in [9.17, 15) is 4.79 Å². The van der Waals surface area contributed by atoms with E-state index in [0.717, 1.165) is 5.69 Å². The molecule has 1 aromatic heterocycles. The summed E-state index contributed by atoms with van der Waals surface area (Å²) < 4.78 is 4.96. The maximum Gasteiger partial charge on any atom is 0.323 e. The molecule has 14 heavy (non-hydrogen) atoms. The molecule has 1 atom stereocenters. The summed E-state index contributed by atoms with van der Waals surface area (Å²) in [6.45, 7) is 3.58. The largest absolute Gasteiger partial charge is 0.462 e. The normalized spacial score (nSPS) is 12.9. The van der Waals surface area contributed by atoms with Gasteiger partial charge in [-0.2, -0.15) is 0 Å². The molecule has 0 saturated heterocycles. The van der Waals surface area contributed by atoms with Gasteiger partial charge in [0.15, 0.2) is 0 Å². The third-order valence-corrected chi connectivity index (χ3v) is 1.64. The van der Waals surface area contributed by atoms with Gasteiger partial charge in [0, 0.05) is 12.6 Å². The Morgan fingerprint density at radius 2 is 2.43 bits per heavy atom. The topological polar surface area (TPSA) is 81.0 Å². The van der Waals surface area contributed by atoms with E-state index < -0.39 is 6.04 Å². The van der Waals surface area contributed by atoms with Crippen LogP contribution in [0.25, 0.3) is 0 Å². The van der Waals surface area contributed by atoms with Crippen molar-refractivity contribution in [2.75, 3.05) is 0 Å². The molecule has 5 heteroatoms. The zero-order chi connectivity index (χ0) is 10.6. The highest BCUT2D eigenvalue weighted by Crippen LogP contribution is 1.99. The number of imidazole rings is 1. The molecule has 3 N–H and O–H groups in total. The van der Waals surface area contributed by atoms with E-state index in [0.29, 0.717) is 6.42 Å². The van der Waals surface area contributed by atoms with Crippen LogP contribution < -0.4 is 5.73 Å². The number of nitrogens with one attached hydrogen (secondary N) is 1. The lowest BCUT2D eigenvalue weighted by atomic mass is 10.2. The van der Waals surface area contributed by atoms with Crippen molar-refractivity contribution in [2.45, 2.75) is 32.4 Å². The molecule has 78 valence electrons. The zero-order valence-corrected chi connectivity index (χ0v) is 8.36. The molecule has 0 saturated carbocycles. The number of hydrogen-bond donors (Lipinski definition) is 2. The van der Waals surface area contributed by atoms with Crippen molar-refractivity contribution >= 4 is 5.97 Å². The molecule has 0 aliphatic heterocycles. The van der Waals surface area contributed by atoms with E-state index in [1.165, 1.54) is 0 Å². The summed E-state index contributed by atoms with van der Waals surface area (Å²) in [6.07, 6.45) is 3.53. The molecule has 0 aliphatic carbocycles. The van der Waals surface area contributed by atoms with Crippen molar-refractivity contribution in [1.82, 2.24) is 9.97 Å². The molecule has 1 unspecified atom stereocenters. The number of carbonyl (C=O) groups excluding carboxylic acids is 1. The summed E-state index contributed by atoms with van der Waals surface area (Å²) in [5, 5.41) is 0. The predicted molar refractivity (Wildman–Crippen MR) is 51.5 cm³/mol. The van der Waals surface area contributed by atoms with Gasteiger partial charge in [-0.25, -0.2) is 4.98 Å². The number of nitrogens with two attached hydrogens (primary N) is 1. The lowest BCUT2D eigenvalue weighted by Gasteiger charge is -2.12. The molecule has 0 spiro atoms. The quantitative estimate of drug-likeness (QED) is 0.677. The molecule has 0 fully saturated rings. The summed E-state index contributed by atoms with van der Waals surface area (Å²) in [5.41, 5.74) is 6.39. The Hall–Kier alpha value is -1.36. The first kappa shape index (κ1) is 10.7. The smallest absolute Gasteiger partial charge is 0.323 e. The van der Waals surface area contributed by atoms with Crippen molar-refractivity contribution < 1.29 is 9.53 Å². The molecule has 1 heterocycles. The minimum Gasteiger partial charge on any atom is -0.462 e. The van der Waals surface area contributed by atoms with Gasteiger partial charge in [-0.3, -0.25) is 4.79 Å². The van der Waals surface area contributed by atoms with Gasteiger partial charge in [0.2, 0.25) is 0 Å². The number of aromatic amines is 1. The maximum absolute atomic E-state index is 11.3. The molecule has 5 nitrogen and oxygen atoms in total. The first-order chi connectivity index (χ1) is 6.59. The third kappa shape index (κ3) is 3.18. The van der Waals surface area contributed by atoms with Gasteiger partial charge in [0.25, 0.3) is 0 Å². The fourth-order valence-electron chi connectivity index (χ4n) is 1.03. The maximum atomic E-state index is 11.3. The van der Waals surface area contributed by atoms with E-state index in [4.69, 9.17) is 10.5 Å². The highest BCUT2D eigenvalue weighted by molar-refractivity contribution is 5.75. The zero-order valence-electron chi connectivity index (χ0n) is 8.36. The Morgan fingerprint density at radius 3 is 2.93 bits per heavy atom. The van der Waals surface area contributed by atoms with E-state index in [1.54, 1.807) is 26.4 Å². The molecule has 1 rings (SSSR count). The summed E-state index contributed by atoms with van der Waals surface area (Å²) >= 11 is 0. The van der Waals surface area contributed by atoms with E-state index >= 15 is 0 Å². The molecule has 0 aromatic carbocycles. The lowest BCUT2D eigenvalue weighted by molar-refractivity contribution is -0.148. The Bertz CT molecular complexity index is 282. The summed E-state index contributed by atoms with van der Waals surface area (Å²) in [6, 6.07) is -0.638. The lowest BCUT2D eigenvalue weighted by Crippen LogP contribution is -2.35. The second kappa shape index (κ2) is 4.76. The van der Waals surface area contributed by atoms with Crippen molar-refractivity contribution in [1.29, 1.82) is 0 Å². The van der Waals surface area contributed by atoms with E-state index in [1.807, 2.05) is 0 Å². The van der Waals surface area contributed by atoms with E-state index in [2.05, 4.69) is 9.97 Å². The SMILES string of the molecule is CC(C)OC(=O)C(N)Cc1c[nH]cn1. The Kier molecular flexibility index (Phi) is 3.64. The summed E-state index contributed by atoms with van der Waals surface area (Å²) in [7, 11) is 0. The molecule has 0 amide bonds. The predicted octanol–water partition coefficient (Wildman–Crippen LogP) is 0.231. The molecule has 0 bridgehead atoms. The number of esters is 1. The highest BCUT2D eigenvalue weighted by Gasteiger charge is 2.17. The second-order valence-corrected chi connectivity index (χ2v) is 3.36. The molecular weight excluding hydrogens is 182 g/mol. The van der Waals surface area contributed by atoms with Gasteiger partial charge in [-0.05, 0) is 13.8 Å². The number of hydrogen-bond acceptors (Lipinski definition) is 4. The number of rotatable bonds is 4. The van der Waals surface area contributed by atoms with E-state index in [-0.39, 0.29) is 12.1 Å². The van der Waals surface area contributed by atoms with Crippen molar-refractivity contribution in [3.8, 4) is 0 Å². The summed E-state index contributed by atoms with van der Waals surface area (Å²) in [4.78, 5) is 18.1. The van der Waals surface area contributed by atoms with Crippen LogP contribution >= 0.6 is 0 Å². The van der Waals surface area contributed by atoms with Gasteiger partial charge >= 0.3 is 5.97 Å². The van der Waals surface area contributed by atoms with Crippen LogP contribution in [0.2, 0.25) is 0 Å². The monoisotopic (exact) mass is 197 g/mol. The Balaban J connectivity index is 2.42. The average molecular weight is 197 g/mol. The van der Waals surface area contributed by atoms with Crippen molar-refractivity contribution in [3.05, 3.63) is 18.2 Å². The minimum atomic E-state index is -0.638. The molecular formula is C9H15N3O2. The summed E-state index contributed by atoms with van der Waals surface area (Å²) in [5.74, 6) is -0.386. The third-order valence-electron chi connectivity index (χ3n) is 1.64. The number of aromatic nitrogens is 2. The van der Waals surface area contributed by atoms with Gasteiger partial charge < -0.3 is 15.5 Å². The Labute approximate surface area is 82.7 Å². The van der Waals surface area contributed by atoms with Crippen molar-refractivity contribution in [3.63, 3.8) is 0 Å². The molecule has 0 aliphatic rings. The van der Waals surface area contributed by atoms with Crippen LogP contribution in [0.15, 0.2) is 12.5 Å². The van der Waals surface area contributed by atoms with Crippen LogP contribution in [-0.4, -0.2) is 28.1 Å². The number of H-pyrrole nitrogens is 1. The van der Waals surface area contributed by atoms with Crippen LogP contribution in [0.4, 0.5) is 0 Å². The fourth-order valence-corrected chi connectivity index (χ4v) is 1.03. The van der Waals surface area contributed by atoms with Crippen LogP contribution in [0.1, 0.15) is 19.5 Å². The average Bonchev–Trinajstić information content (AvgIpc) is 2.55. The number of ether oxygens (including phenoxy) is 1. The number of nitrogens with zero attached hydrogens (tertiary/aromatic N) is 1. The molecule has 0 radical (unpaired) electrons. The van der Waals surface area contributed by atoms with Gasteiger partial charge in [0.1, 0.15) is 6.04 Å². The molecule has 1 aromatic rings. The van der Waals surface area contributed by atoms with Crippen LogP contribution in [-0.2, 0) is 16.0 Å². The second-order valence-electron chi connectivity index (χ2n) is 3.36. The van der Waals surface area contributed by atoms with Crippen LogP contribution in [0, 0.1) is 0 Å².